The predicted molar refractivity (Wildman–Crippen MR) is 62.9 cm³/mol. The fourth-order valence-electron chi connectivity index (χ4n) is 3.27. The van der Waals surface area contributed by atoms with Gasteiger partial charge in [0.1, 0.15) is 0 Å². The van der Waals surface area contributed by atoms with Crippen molar-refractivity contribution in [2.24, 2.45) is 11.3 Å². The highest BCUT2D eigenvalue weighted by atomic mass is 15.2. The van der Waals surface area contributed by atoms with Crippen molar-refractivity contribution in [2.75, 3.05) is 19.6 Å². The zero-order valence-corrected chi connectivity index (χ0v) is 10.1. The Balaban J connectivity index is 1.61. The summed E-state index contributed by atoms with van der Waals surface area (Å²) in [6, 6.07) is 1.44. The van der Waals surface area contributed by atoms with Crippen molar-refractivity contribution in [3.8, 4) is 0 Å². The van der Waals surface area contributed by atoms with Crippen molar-refractivity contribution in [1.29, 1.82) is 0 Å². The van der Waals surface area contributed by atoms with Gasteiger partial charge < -0.3 is 5.32 Å². The zero-order chi connectivity index (χ0) is 10.5. The molecule has 2 saturated carbocycles. The fraction of sp³-hybridized carbons (Fsp3) is 1.00. The maximum atomic E-state index is 3.57. The lowest BCUT2D eigenvalue weighted by Gasteiger charge is -2.39. The fourth-order valence-corrected chi connectivity index (χ4v) is 3.27. The minimum absolute atomic E-state index is 0.691. The first-order valence-electron chi connectivity index (χ1n) is 6.67. The lowest BCUT2D eigenvalue weighted by Crippen LogP contribution is -2.55. The van der Waals surface area contributed by atoms with Crippen molar-refractivity contribution in [2.45, 2.75) is 51.6 Å². The van der Waals surface area contributed by atoms with Gasteiger partial charge in [0.15, 0.2) is 0 Å². The van der Waals surface area contributed by atoms with Gasteiger partial charge in [-0.05, 0) is 50.9 Å². The Kier molecular flexibility index (Phi) is 2.33. The first-order chi connectivity index (χ1) is 7.20. The molecule has 1 N–H and O–H groups in total. The van der Waals surface area contributed by atoms with Crippen LogP contribution < -0.4 is 5.32 Å². The van der Waals surface area contributed by atoms with E-state index in [0.717, 1.165) is 17.4 Å². The van der Waals surface area contributed by atoms with E-state index >= 15 is 0 Å². The van der Waals surface area contributed by atoms with Gasteiger partial charge in [0.2, 0.25) is 0 Å². The van der Waals surface area contributed by atoms with E-state index in [1.807, 2.05) is 0 Å². The average molecular weight is 208 g/mol. The molecule has 0 spiro atoms. The standard InChI is InChI=1S/C13H24N2/c1-10-8-15(11(2)7-14-10)9-13(5-6-13)12-3-4-12/h10-12,14H,3-9H2,1-2H3. The molecule has 15 heavy (non-hydrogen) atoms. The van der Waals surface area contributed by atoms with E-state index in [4.69, 9.17) is 0 Å². The highest BCUT2D eigenvalue weighted by molar-refractivity contribution is 5.06. The van der Waals surface area contributed by atoms with Crippen LogP contribution in [-0.4, -0.2) is 36.6 Å². The smallest absolute Gasteiger partial charge is 0.0193 e. The normalized spacial score (nSPS) is 40.4. The third-order valence-electron chi connectivity index (χ3n) is 4.75. The molecule has 2 aliphatic carbocycles. The summed E-state index contributed by atoms with van der Waals surface area (Å²) in [5.74, 6) is 1.11. The second-order valence-corrected chi connectivity index (χ2v) is 6.22. The van der Waals surface area contributed by atoms with Crippen LogP contribution in [0.1, 0.15) is 39.5 Å². The first-order valence-corrected chi connectivity index (χ1v) is 6.67. The van der Waals surface area contributed by atoms with Gasteiger partial charge in [0, 0.05) is 31.7 Å². The molecule has 3 fully saturated rings. The number of hydrogen-bond donors (Lipinski definition) is 1. The zero-order valence-electron chi connectivity index (χ0n) is 10.1. The number of rotatable bonds is 3. The summed E-state index contributed by atoms with van der Waals surface area (Å²) in [6.07, 6.45) is 6.08. The molecular weight excluding hydrogens is 184 g/mol. The van der Waals surface area contributed by atoms with Crippen LogP contribution in [-0.2, 0) is 0 Å². The average Bonchev–Trinajstić information content (AvgIpc) is 3.01. The van der Waals surface area contributed by atoms with Gasteiger partial charge in [-0.25, -0.2) is 0 Å². The molecule has 2 nitrogen and oxygen atoms in total. The third-order valence-corrected chi connectivity index (χ3v) is 4.75. The van der Waals surface area contributed by atoms with Crippen molar-refractivity contribution < 1.29 is 0 Å². The van der Waals surface area contributed by atoms with E-state index in [0.29, 0.717) is 6.04 Å². The summed E-state index contributed by atoms with van der Waals surface area (Å²) in [5.41, 5.74) is 0.783. The van der Waals surface area contributed by atoms with Gasteiger partial charge in [-0.2, -0.15) is 0 Å². The molecule has 1 saturated heterocycles. The Hall–Kier alpha value is -0.0800. The first kappa shape index (κ1) is 10.1. The van der Waals surface area contributed by atoms with Crippen LogP contribution in [0.5, 0.6) is 0 Å². The molecule has 3 aliphatic rings. The van der Waals surface area contributed by atoms with E-state index in [1.54, 1.807) is 0 Å². The SMILES string of the molecule is CC1CN(CC2(C3CC3)CC2)C(C)CN1. The van der Waals surface area contributed by atoms with Crippen molar-refractivity contribution in [3.63, 3.8) is 0 Å². The Morgan fingerprint density at radius 3 is 2.60 bits per heavy atom. The second kappa shape index (κ2) is 3.46. The van der Waals surface area contributed by atoms with Crippen LogP contribution in [0.25, 0.3) is 0 Å². The van der Waals surface area contributed by atoms with Gasteiger partial charge in [-0.3, -0.25) is 4.90 Å². The van der Waals surface area contributed by atoms with E-state index in [9.17, 15) is 0 Å². The van der Waals surface area contributed by atoms with Crippen LogP contribution in [0.15, 0.2) is 0 Å². The largest absolute Gasteiger partial charge is 0.311 e. The third kappa shape index (κ3) is 1.94. The van der Waals surface area contributed by atoms with Gasteiger partial charge >= 0.3 is 0 Å². The van der Waals surface area contributed by atoms with Crippen LogP contribution in [0.4, 0.5) is 0 Å². The van der Waals surface area contributed by atoms with Crippen molar-refractivity contribution in [1.82, 2.24) is 10.2 Å². The Labute approximate surface area is 93.4 Å². The minimum atomic E-state index is 0.691. The van der Waals surface area contributed by atoms with E-state index in [-0.39, 0.29) is 0 Å². The summed E-state index contributed by atoms with van der Waals surface area (Å²) in [5, 5.41) is 3.57. The summed E-state index contributed by atoms with van der Waals surface area (Å²) in [6.45, 7) is 8.53. The Bertz CT molecular complexity index is 243. The van der Waals surface area contributed by atoms with E-state index < -0.39 is 0 Å². The summed E-state index contributed by atoms with van der Waals surface area (Å²) in [4.78, 5) is 2.74. The summed E-state index contributed by atoms with van der Waals surface area (Å²) in [7, 11) is 0. The highest BCUT2D eigenvalue weighted by Gasteiger charge is 2.54. The van der Waals surface area contributed by atoms with Crippen molar-refractivity contribution >= 4 is 0 Å². The Morgan fingerprint density at radius 2 is 2.00 bits per heavy atom. The highest BCUT2D eigenvalue weighted by Crippen LogP contribution is 2.61. The predicted octanol–water partition coefficient (Wildman–Crippen LogP) is 1.86. The Morgan fingerprint density at radius 1 is 1.27 bits per heavy atom. The summed E-state index contributed by atoms with van der Waals surface area (Å²) >= 11 is 0. The van der Waals surface area contributed by atoms with Crippen LogP contribution in [0.2, 0.25) is 0 Å². The minimum Gasteiger partial charge on any atom is -0.311 e. The molecule has 0 aromatic carbocycles. The lowest BCUT2D eigenvalue weighted by atomic mass is 9.98. The molecule has 2 unspecified atom stereocenters. The van der Waals surface area contributed by atoms with Crippen LogP contribution in [0, 0.1) is 11.3 Å². The van der Waals surface area contributed by atoms with Gasteiger partial charge in [0.05, 0.1) is 0 Å². The van der Waals surface area contributed by atoms with Crippen molar-refractivity contribution in [3.05, 3.63) is 0 Å². The van der Waals surface area contributed by atoms with Crippen LogP contribution in [0.3, 0.4) is 0 Å². The van der Waals surface area contributed by atoms with E-state index in [2.05, 4.69) is 24.1 Å². The number of hydrogen-bond acceptors (Lipinski definition) is 2. The molecule has 0 aromatic heterocycles. The maximum Gasteiger partial charge on any atom is 0.0193 e. The molecular formula is C13H24N2. The lowest BCUT2D eigenvalue weighted by molar-refractivity contribution is 0.111. The molecule has 0 bridgehead atoms. The second-order valence-electron chi connectivity index (χ2n) is 6.22. The summed E-state index contributed by atoms with van der Waals surface area (Å²) < 4.78 is 0. The molecule has 0 amide bonds. The monoisotopic (exact) mass is 208 g/mol. The van der Waals surface area contributed by atoms with Crippen LogP contribution >= 0.6 is 0 Å². The number of piperazine rings is 1. The molecule has 0 radical (unpaired) electrons. The van der Waals surface area contributed by atoms with Gasteiger partial charge in [-0.15, -0.1) is 0 Å². The number of nitrogens with zero attached hydrogens (tertiary/aromatic N) is 1. The number of nitrogens with one attached hydrogen (secondary N) is 1. The van der Waals surface area contributed by atoms with E-state index in [1.165, 1.54) is 45.3 Å². The molecule has 0 aromatic rings. The molecule has 1 aliphatic heterocycles. The molecule has 2 heteroatoms. The molecule has 2 atom stereocenters. The molecule has 3 rings (SSSR count). The van der Waals surface area contributed by atoms with Gasteiger partial charge in [0.25, 0.3) is 0 Å². The quantitative estimate of drug-likeness (QED) is 0.761. The molecule has 1 heterocycles. The topological polar surface area (TPSA) is 15.3 Å². The maximum absolute atomic E-state index is 3.57. The molecule has 86 valence electrons. The van der Waals surface area contributed by atoms with Gasteiger partial charge in [-0.1, -0.05) is 0 Å².